The Kier molecular flexibility index (Phi) is 4.93. The minimum Gasteiger partial charge on any atom is -0.377 e. The van der Waals surface area contributed by atoms with Crippen molar-refractivity contribution in [3.63, 3.8) is 0 Å². The summed E-state index contributed by atoms with van der Waals surface area (Å²) in [7, 11) is 0. The van der Waals surface area contributed by atoms with Gasteiger partial charge in [0.25, 0.3) is 0 Å². The number of amides is 2. The Morgan fingerprint density at radius 3 is 2.93 bits per heavy atom. The van der Waals surface area contributed by atoms with Crippen molar-refractivity contribution in [2.45, 2.75) is 25.9 Å². The van der Waals surface area contributed by atoms with Crippen LogP contribution < -0.4 is 16.0 Å². The first-order valence-electron chi connectivity index (χ1n) is 9.13. The molecule has 4 N–H and O–H groups in total. The van der Waals surface area contributed by atoms with E-state index in [1.54, 1.807) is 0 Å². The number of benzene rings is 1. The molecule has 140 valence electrons. The third-order valence-corrected chi connectivity index (χ3v) is 4.81. The van der Waals surface area contributed by atoms with E-state index in [0.717, 1.165) is 35.5 Å². The average molecular weight is 365 g/mol. The van der Waals surface area contributed by atoms with E-state index in [2.05, 4.69) is 32.2 Å². The van der Waals surface area contributed by atoms with Crippen molar-refractivity contribution in [1.82, 2.24) is 26.1 Å². The summed E-state index contributed by atoms with van der Waals surface area (Å²) >= 11 is 0. The third-order valence-electron chi connectivity index (χ3n) is 4.81. The summed E-state index contributed by atoms with van der Waals surface area (Å²) in [4.78, 5) is 12.3. The Morgan fingerprint density at radius 2 is 2.15 bits per heavy atom. The molecule has 2 aliphatic heterocycles. The zero-order valence-electron chi connectivity index (χ0n) is 15.2. The molecule has 0 fully saturated rings. The number of carbonyl (C=O) groups excluding carboxylic acids is 1. The molecule has 0 spiro atoms. The van der Waals surface area contributed by atoms with Gasteiger partial charge in [-0.15, -0.1) is 0 Å². The summed E-state index contributed by atoms with van der Waals surface area (Å²) in [5, 5.41) is 16.6. The lowest BCUT2D eigenvalue weighted by Gasteiger charge is -2.20. The van der Waals surface area contributed by atoms with E-state index < -0.39 is 0 Å². The maximum Gasteiger partial charge on any atom is 0.320 e. The maximum atomic E-state index is 12.3. The van der Waals surface area contributed by atoms with Gasteiger partial charge in [-0.05, 0) is 24.5 Å². The number of nitrogens with one attached hydrogen (secondary N) is 4. The van der Waals surface area contributed by atoms with Gasteiger partial charge < -0.3 is 15.4 Å². The van der Waals surface area contributed by atoms with Gasteiger partial charge in [0.05, 0.1) is 30.6 Å². The minimum absolute atomic E-state index is 0.0785. The highest BCUT2D eigenvalue weighted by molar-refractivity contribution is 5.78. The van der Waals surface area contributed by atoms with E-state index in [1.807, 2.05) is 43.3 Å². The first-order valence-corrected chi connectivity index (χ1v) is 9.13. The third kappa shape index (κ3) is 3.88. The number of aromatic nitrogens is 2. The van der Waals surface area contributed by atoms with Crippen LogP contribution in [0.5, 0.6) is 0 Å². The quantitative estimate of drug-likeness (QED) is 0.670. The molecule has 0 saturated carbocycles. The summed E-state index contributed by atoms with van der Waals surface area (Å²) in [6.07, 6.45) is 4.82. The van der Waals surface area contributed by atoms with Crippen LogP contribution in [-0.2, 0) is 11.3 Å². The molecule has 2 aromatic rings. The van der Waals surface area contributed by atoms with E-state index in [1.165, 1.54) is 5.57 Å². The van der Waals surface area contributed by atoms with Crippen LogP contribution in [0.15, 0.2) is 42.2 Å². The van der Waals surface area contributed by atoms with Gasteiger partial charge in [-0.25, -0.2) is 4.79 Å². The predicted octanol–water partition coefficient (Wildman–Crippen LogP) is 2.68. The molecule has 1 aromatic heterocycles. The lowest BCUT2D eigenvalue weighted by molar-refractivity contribution is 0.161. The fraction of sp³-hybridized carbons (Fsp3) is 0.300. The molecule has 0 saturated heterocycles. The SMILES string of the molecule is C[C@@H](NC(=O)NC1=Cc2[nH]nc(C3=CCOCC3)c2CN1)c1ccccc1. The second-order valence-electron chi connectivity index (χ2n) is 6.66. The van der Waals surface area contributed by atoms with Gasteiger partial charge in [0.15, 0.2) is 0 Å². The number of fused-ring (bicyclic) bond motifs is 1. The molecule has 3 heterocycles. The normalized spacial score (nSPS) is 17.1. The van der Waals surface area contributed by atoms with Gasteiger partial charge in [-0.3, -0.25) is 10.4 Å². The fourth-order valence-electron chi connectivity index (χ4n) is 3.32. The Labute approximate surface area is 157 Å². The van der Waals surface area contributed by atoms with Gasteiger partial charge >= 0.3 is 6.03 Å². The van der Waals surface area contributed by atoms with Gasteiger partial charge in [0.2, 0.25) is 0 Å². The van der Waals surface area contributed by atoms with E-state index in [4.69, 9.17) is 4.74 Å². The minimum atomic E-state index is -0.250. The van der Waals surface area contributed by atoms with Crippen molar-refractivity contribution >= 4 is 17.7 Å². The molecule has 1 atom stereocenters. The maximum absolute atomic E-state index is 12.3. The van der Waals surface area contributed by atoms with Gasteiger partial charge in [-0.1, -0.05) is 36.4 Å². The van der Waals surface area contributed by atoms with E-state index in [-0.39, 0.29) is 12.1 Å². The first-order chi connectivity index (χ1) is 13.2. The van der Waals surface area contributed by atoms with Crippen LogP contribution in [0, 0.1) is 0 Å². The van der Waals surface area contributed by atoms with Gasteiger partial charge in [-0.2, -0.15) is 5.10 Å². The Morgan fingerprint density at radius 1 is 1.30 bits per heavy atom. The van der Waals surface area contributed by atoms with Crippen LogP contribution in [0.1, 0.15) is 41.9 Å². The van der Waals surface area contributed by atoms with Crippen LogP contribution in [0.4, 0.5) is 4.79 Å². The Hall–Kier alpha value is -3.06. The first kappa shape index (κ1) is 17.4. The number of hydrogen-bond donors (Lipinski definition) is 4. The molecule has 0 bridgehead atoms. The number of carbonyl (C=O) groups is 1. The molecule has 0 aliphatic carbocycles. The molecule has 0 unspecified atom stereocenters. The molecule has 7 heteroatoms. The van der Waals surface area contributed by atoms with E-state index >= 15 is 0 Å². The van der Waals surface area contributed by atoms with Crippen molar-refractivity contribution in [3.05, 3.63) is 64.7 Å². The zero-order valence-corrected chi connectivity index (χ0v) is 15.2. The largest absolute Gasteiger partial charge is 0.377 e. The highest BCUT2D eigenvalue weighted by Gasteiger charge is 2.21. The molecule has 0 radical (unpaired) electrons. The van der Waals surface area contributed by atoms with Crippen LogP contribution >= 0.6 is 0 Å². The number of rotatable bonds is 4. The molecule has 2 aliphatic rings. The Bertz CT molecular complexity index is 885. The number of urea groups is 1. The van der Waals surface area contributed by atoms with E-state index in [0.29, 0.717) is 19.0 Å². The number of aromatic amines is 1. The summed E-state index contributed by atoms with van der Waals surface area (Å²) in [5.74, 6) is 0.649. The number of H-pyrrole nitrogens is 1. The molecule has 2 amide bonds. The summed E-state index contributed by atoms with van der Waals surface area (Å²) in [6.45, 7) is 3.92. The van der Waals surface area contributed by atoms with Crippen molar-refractivity contribution in [2.24, 2.45) is 0 Å². The van der Waals surface area contributed by atoms with Gasteiger partial charge in [0, 0.05) is 18.2 Å². The fourth-order valence-corrected chi connectivity index (χ4v) is 3.32. The smallest absolute Gasteiger partial charge is 0.320 e. The number of ether oxygens (including phenoxy) is 1. The predicted molar refractivity (Wildman–Crippen MR) is 103 cm³/mol. The molecule has 1 aromatic carbocycles. The van der Waals surface area contributed by atoms with Crippen molar-refractivity contribution in [3.8, 4) is 0 Å². The van der Waals surface area contributed by atoms with Crippen molar-refractivity contribution in [1.29, 1.82) is 0 Å². The van der Waals surface area contributed by atoms with Crippen molar-refractivity contribution in [2.75, 3.05) is 13.2 Å². The molecule has 4 rings (SSSR count). The second kappa shape index (κ2) is 7.67. The molecule has 7 nitrogen and oxygen atoms in total. The summed E-state index contributed by atoms with van der Waals surface area (Å²) < 4.78 is 5.37. The number of nitrogens with zero attached hydrogens (tertiary/aromatic N) is 1. The standard InChI is InChI=1S/C20H23N5O2/c1-13(14-5-3-2-4-6-14)22-20(26)23-18-11-17-16(12-21-18)19(25-24-17)15-7-9-27-10-8-15/h2-7,11,13,21H,8-10,12H2,1H3,(H,24,25)(H2,22,23,26)/t13-/m1/s1. The lowest BCUT2D eigenvalue weighted by Crippen LogP contribution is -2.40. The number of hydrogen-bond acceptors (Lipinski definition) is 4. The van der Waals surface area contributed by atoms with Gasteiger partial charge in [0.1, 0.15) is 5.82 Å². The summed E-state index contributed by atoms with van der Waals surface area (Å²) in [6, 6.07) is 9.54. The topological polar surface area (TPSA) is 91.1 Å². The molecular formula is C20H23N5O2. The highest BCUT2D eigenvalue weighted by atomic mass is 16.5. The lowest BCUT2D eigenvalue weighted by atomic mass is 10.0. The second-order valence-corrected chi connectivity index (χ2v) is 6.66. The van der Waals surface area contributed by atoms with E-state index in [9.17, 15) is 4.79 Å². The summed E-state index contributed by atoms with van der Waals surface area (Å²) in [5.41, 5.74) is 5.29. The van der Waals surface area contributed by atoms with Crippen molar-refractivity contribution < 1.29 is 9.53 Å². The monoisotopic (exact) mass is 365 g/mol. The van der Waals surface area contributed by atoms with Crippen LogP contribution in [0.3, 0.4) is 0 Å². The molecular weight excluding hydrogens is 342 g/mol. The highest BCUT2D eigenvalue weighted by Crippen LogP contribution is 2.27. The zero-order chi connectivity index (χ0) is 18.6. The Balaban J connectivity index is 1.42. The molecule has 27 heavy (non-hydrogen) atoms. The van der Waals surface area contributed by atoms with Crippen LogP contribution in [-0.4, -0.2) is 29.4 Å². The van der Waals surface area contributed by atoms with Crippen LogP contribution in [0.2, 0.25) is 0 Å². The van der Waals surface area contributed by atoms with Crippen LogP contribution in [0.25, 0.3) is 11.6 Å². The average Bonchev–Trinajstić information content (AvgIpc) is 3.12.